The predicted octanol–water partition coefficient (Wildman–Crippen LogP) is 5.82. The van der Waals surface area contributed by atoms with Crippen LogP contribution in [0.3, 0.4) is 0 Å². The molecule has 1 N–H and O–H groups in total. The molecular formula is C28H21N5O. The number of nitriles is 2. The van der Waals surface area contributed by atoms with Crippen molar-refractivity contribution in [3.05, 3.63) is 94.9 Å². The number of hydrogen-bond donors (Lipinski definition) is 1. The van der Waals surface area contributed by atoms with Gasteiger partial charge in [0.1, 0.15) is 17.6 Å². The highest BCUT2D eigenvalue weighted by Crippen LogP contribution is 2.31. The molecule has 2 heterocycles. The first-order valence-corrected chi connectivity index (χ1v) is 10.8. The SMILES string of the molecule is COc1ccc2nc(/C(C#N)=C/c3c(C)n(Cc4ccccc4C#N)c4ccccc34)[nH]c2c1. The van der Waals surface area contributed by atoms with Crippen LogP contribution in [0.2, 0.25) is 0 Å². The number of rotatable bonds is 5. The number of H-pyrrole nitrogens is 1. The molecule has 0 aliphatic rings. The molecule has 164 valence electrons. The van der Waals surface area contributed by atoms with E-state index in [1.54, 1.807) is 7.11 Å². The smallest absolute Gasteiger partial charge is 0.149 e. The van der Waals surface area contributed by atoms with Gasteiger partial charge < -0.3 is 14.3 Å². The summed E-state index contributed by atoms with van der Waals surface area (Å²) < 4.78 is 7.49. The lowest BCUT2D eigenvalue weighted by molar-refractivity contribution is 0.415. The number of ether oxygens (including phenoxy) is 1. The van der Waals surface area contributed by atoms with Gasteiger partial charge >= 0.3 is 0 Å². The van der Waals surface area contributed by atoms with E-state index in [2.05, 4.69) is 38.8 Å². The molecule has 2 aromatic heterocycles. The van der Waals surface area contributed by atoms with Crippen molar-refractivity contribution in [2.45, 2.75) is 13.5 Å². The summed E-state index contributed by atoms with van der Waals surface area (Å²) in [7, 11) is 1.62. The Morgan fingerprint density at radius 1 is 1.09 bits per heavy atom. The molecule has 34 heavy (non-hydrogen) atoms. The molecule has 0 aliphatic carbocycles. The minimum absolute atomic E-state index is 0.443. The normalized spacial score (nSPS) is 11.5. The third kappa shape index (κ3) is 3.58. The van der Waals surface area contributed by atoms with Gasteiger partial charge in [-0.1, -0.05) is 36.4 Å². The standard InChI is InChI=1S/C28H21N5O/c1-18-24(13-21(16-30)28-31-25-12-11-22(34-2)14-26(25)32-28)23-9-5-6-10-27(23)33(18)17-20-8-4-3-7-19(20)15-29/h3-14H,17H2,1-2H3,(H,31,32)/b21-13+. The molecule has 0 atom stereocenters. The molecule has 6 heteroatoms. The van der Waals surface area contributed by atoms with E-state index in [4.69, 9.17) is 4.74 Å². The zero-order valence-corrected chi connectivity index (χ0v) is 18.8. The van der Waals surface area contributed by atoms with Crippen molar-refractivity contribution in [2.75, 3.05) is 7.11 Å². The molecule has 0 radical (unpaired) electrons. The average Bonchev–Trinajstić information content (AvgIpc) is 3.41. The first-order chi connectivity index (χ1) is 16.6. The van der Waals surface area contributed by atoms with E-state index < -0.39 is 0 Å². The lowest BCUT2D eigenvalue weighted by Gasteiger charge is -2.10. The van der Waals surface area contributed by atoms with Crippen molar-refractivity contribution in [3.63, 3.8) is 0 Å². The van der Waals surface area contributed by atoms with E-state index in [0.717, 1.165) is 44.5 Å². The number of nitrogens with one attached hydrogen (secondary N) is 1. The molecule has 0 aliphatic heterocycles. The van der Waals surface area contributed by atoms with Crippen molar-refractivity contribution in [1.82, 2.24) is 14.5 Å². The van der Waals surface area contributed by atoms with Crippen LogP contribution < -0.4 is 4.74 Å². The molecule has 0 bridgehead atoms. The number of benzene rings is 3. The second-order valence-corrected chi connectivity index (χ2v) is 8.01. The molecule has 3 aromatic carbocycles. The molecule has 0 spiro atoms. The predicted molar refractivity (Wildman–Crippen MR) is 133 cm³/mol. The lowest BCUT2D eigenvalue weighted by atomic mass is 10.1. The van der Waals surface area contributed by atoms with E-state index in [0.29, 0.717) is 23.5 Å². The van der Waals surface area contributed by atoms with Gasteiger partial charge in [-0.2, -0.15) is 10.5 Å². The molecule has 0 fully saturated rings. The summed E-state index contributed by atoms with van der Waals surface area (Å²) >= 11 is 0. The largest absolute Gasteiger partial charge is 0.497 e. The summed E-state index contributed by atoms with van der Waals surface area (Å²) in [6.45, 7) is 2.61. The molecule has 0 saturated heterocycles. The summed E-state index contributed by atoms with van der Waals surface area (Å²) in [6.07, 6.45) is 1.89. The summed E-state index contributed by atoms with van der Waals surface area (Å²) in [6, 6.07) is 25.9. The monoisotopic (exact) mass is 443 g/mol. The second kappa shape index (κ2) is 8.61. The highest BCUT2D eigenvalue weighted by Gasteiger charge is 2.16. The van der Waals surface area contributed by atoms with Crippen molar-refractivity contribution in [3.8, 4) is 17.9 Å². The summed E-state index contributed by atoms with van der Waals surface area (Å²) in [5.41, 5.74) is 6.65. The van der Waals surface area contributed by atoms with Crippen LogP contribution in [0.4, 0.5) is 0 Å². The zero-order valence-electron chi connectivity index (χ0n) is 18.8. The number of para-hydroxylation sites is 1. The van der Waals surface area contributed by atoms with E-state index >= 15 is 0 Å². The van der Waals surface area contributed by atoms with E-state index in [9.17, 15) is 10.5 Å². The molecular weight excluding hydrogens is 422 g/mol. The third-order valence-electron chi connectivity index (χ3n) is 6.10. The van der Waals surface area contributed by atoms with E-state index in [-0.39, 0.29) is 0 Å². The van der Waals surface area contributed by atoms with Gasteiger partial charge in [-0.15, -0.1) is 0 Å². The van der Waals surface area contributed by atoms with Gasteiger partial charge in [0.25, 0.3) is 0 Å². The van der Waals surface area contributed by atoms with Crippen LogP contribution in [0.5, 0.6) is 5.75 Å². The maximum atomic E-state index is 9.99. The number of hydrogen-bond acceptors (Lipinski definition) is 4. The van der Waals surface area contributed by atoms with Crippen LogP contribution in [0, 0.1) is 29.6 Å². The maximum absolute atomic E-state index is 9.99. The number of aromatic amines is 1. The Balaban J connectivity index is 1.64. The first-order valence-electron chi connectivity index (χ1n) is 10.8. The number of nitrogens with zero attached hydrogens (tertiary/aromatic N) is 4. The van der Waals surface area contributed by atoms with Crippen LogP contribution >= 0.6 is 0 Å². The molecule has 6 nitrogen and oxygen atoms in total. The van der Waals surface area contributed by atoms with Crippen molar-refractivity contribution < 1.29 is 4.74 Å². The Kier molecular flexibility index (Phi) is 5.33. The number of aromatic nitrogens is 3. The zero-order chi connectivity index (χ0) is 23.7. The fraction of sp³-hybridized carbons (Fsp3) is 0.107. The minimum atomic E-state index is 0.443. The molecule has 5 rings (SSSR count). The van der Waals surface area contributed by atoms with Crippen LogP contribution in [0.25, 0.3) is 33.6 Å². The summed E-state index contributed by atoms with van der Waals surface area (Å²) in [5, 5.41) is 20.6. The molecule has 0 saturated carbocycles. The molecule has 5 aromatic rings. The van der Waals surface area contributed by atoms with Crippen molar-refractivity contribution >= 4 is 33.6 Å². The Morgan fingerprint density at radius 3 is 2.68 bits per heavy atom. The highest BCUT2D eigenvalue weighted by atomic mass is 16.5. The van der Waals surface area contributed by atoms with Crippen molar-refractivity contribution in [2.24, 2.45) is 0 Å². The van der Waals surface area contributed by atoms with E-state index in [1.807, 2.05) is 67.6 Å². The van der Waals surface area contributed by atoms with Crippen LogP contribution in [-0.2, 0) is 6.54 Å². The van der Waals surface area contributed by atoms with Crippen molar-refractivity contribution in [1.29, 1.82) is 10.5 Å². The minimum Gasteiger partial charge on any atom is -0.497 e. The average molecular weight is 444 g/mol. The van der Waals surface area contributed by atoms with Gasteiger partial charge in [-0.05, 0) is 42.8 Å². The molecule has 0 unspecified atom stereocenters. The van der Waals surface area contributed by atoms with Crippen LogP contribution in [-0.4, -0.2) is 21.6 Å². The number of allylic oxidation sites excluding steroid dienone is 1. The second-order valence-electron chi connectivity index (χ2n) is 8.01. The Bertz CT molecular complexity index is 1660. The number of fused-ring (bicyclic) bond motifs is 2. The molecule has 0 amide bonds. The van der Waals surface area contributed by atoms with Crippen LogP contribution in [0.1, 0.15) is 28.2 Å². The quantitative estimate of drug-likeness (QED) is 0.347. The maximum Gasteiger partial charge on any atom is 0.149 e. The third-order valence-corrected chi connectivity index (χ3v) is 6.10. The van der Waals surface area contributed by atoms with Gasteiger partial charge in [0.05, 0.1) is 35.3 Å². The van der Waals surface area contributed by atoms with Gasteiger partial charge in [0.15, 0.2) is 0 Å². The van der Waals surface area contributed by atoms with Gasteiger partial charge in [-0.3, -0.25) is 0 Å². The Labute approximate surface area is 197 Å². The van der Waals surface area contributed by atoms with Gasteiger partial charge in [0, 0.05) is 34.8 Å². The first kappa shape index (κ1) is 21.1. The topological polar surface area (TPSA) is 90.4 Å². The summed E-state index contributed by atoms with van der Waals surface area (Å²) in [4.78, 5) is 7.86. The summed E-state index contributed by atoms with van der Waals surface area (Å²) in [5.74, 6) is 1.23. The van der Waals surface area contributed by atoms with Crippen LogP contribution in [0.15, 0.2) is 66.7 Å². The fourth-order valence-electron chi connectivity index (χ4n) is 4.32. The number of imidazole rings is 1. The lowest BCUT2D eigenvalue weighted by Crippen LogP contribution is -2.03. The van der Waals surface area contributed by atoms with Gasteiger partial charge in [0.2, 0.25) is 0 Å². The Morgan fingerprint density at radius 2 is 1.88 bits per heavy atom. The Hall–Kier alpha value is -4.81. The van der Waals surface area contributed by atoms with E-state index in [1.165, 1.54) is 0 Å². The van der Waals surface area contributed by atoms with Gasteiger partial charge in [-0.25, -0.2) is 4.98 Å². The number of methoxy groups -OCH3 is 1. The fourth-order valence-corrected chi connectivity index (χ4v) is 4.32. The highest BCUT2D eigenvalue weighted by molar-refractivity contribution is 5.99.